The second-order valence-corrected chi connectivity index (χ2v) is 7.45. The zero-order valence-electron chi connectivity index (χ0n) is 14.7. The first-order chi connectivity index (χ1) is 13.1. The monoisotopic (exact) mass is 412 g/mol. The lowest BCUT2D eigenvalue weighted by molar-refractivity contribution is -0.137. The van der Waals surface area contributed by atoms with Gasteiger partial charge >= 0.3 is 6.18 Å². The number of sulfonamides is 1. The van der Waals surface area contributed by atoms with Crippen molar-refractivity contribution in [2.45, 2.75) is 11.1 Å². The third-order valence-corrected chi connectivity index (χ3v) is 5.27. The molecule has 0 saturated heterocycles. The van der Waals surface area contributed by atoms with Gasteiger partial charge in [0.15, 0.2) is 5.82 Å². The summed E-state index contributed by atoms with van der Waals surface area (Å²) in [7, 11) is -1.33. The first-order valence-electron chi connectivity index (χ1n) is 7.85. The Balaban J connectivity index is 2.11. The van der Waals surface area contributed by atoms with Gasteiger partial charge in [0.25, 0.3) is 10.0 Å². The lowest BCUT2D eigenvalue weighted by Crippen LogP contribution is -2.39. The van der Waals surface area contributed by atoms with E-state index in [9.17, 15) is 21.6 Å². The maximum atomic E-state index is 13.6. The molecule has 0 amide bonds. The molecule has 0 spiro atoms. The van der Waals surface area contributed by atoms with Gasteiger partial charge < -0.3 is 0 Å². The molecule has 8 nitrogen and oxygen atoms in total. The largest absolute Gasteiger partial charge is 0.417 e. The summed E-state index contributed by atoms with van der Waals surface area (Å²) in [4.78, 5) is 2.22. The van der Waals surface area contributed by atoms with E-state index in [1.165, 1.54) is 50.5 Å². The van der Waals surface area contributed by atoms with Crippen molar-refractivity contribution in [3.8, 4) is 11.4 Å². The Morgan fingerprint density at radius 1 is 1.07 bits per heavy atom. The fourth-order valence-electron chi connectivity index (χ4n) is 2.61. The Morgan fingerprint density at radius 2 is 1.75 bits per heavy atom. The van der Waals surface area contributed by atoms with Crippen LogP contribution in [-0.4, -0.2) is 35.7 Å². The Bertz CT molecular complexity index is 1080. The van der Waals surface area contributed by atoms with Crippen LogP contribution in [0.25, 0.3) is 11.4 Å². The SMILES string of the molecule is CN(NS(=O)(=O)c1ccccc1)c1cccc(C(F)(F)F)c1-c1nnnn1C. The van der Waals surface area contributed by atoms with E-state index in [4.69, 9.17) is 0 Å². The van der Waals surface area contributed by atoms with Crippen molar-refractivity contribution in [3.05, 3.63) is 54.1 Å². The molecule has 0 radical (unpaired) electrons. The number of aromatic nitrogens is 4. The number of nitrogens with one attached hydrogen (secondary N) is 1. The molecule has 1 N–H and O–H groups in total. The number of halogens is 3. The molecule has 0 aliphatic carbocycles. The van der Waals surface area contributed by atoms with Crippen LogP contribution in [0.4, 0.5) is 18.9 Å². The molecule has 0 fully saturated rings. The Labute approximate surface area is 158 Å². The fraction of sp³-hybridized carbons (Fsp3) is 0.188. The van der Waals surface area contributed by atoms with E-state index in [0.29, 0.717) is 0 Å². The van der Waals surface area contributed by atoms with Crippen LogP contribution in [-0.2, 0) is 23.2 Å². The van der Waals surface area contributed by atoms with Gasteiger partial charge in [0, 0.05) is 14.1 Å². The zero-order valence-corrected chi connectivity index (χ0v) is 15.5. The molecule has 1 aromatic heterocycles. The van der Waals surface area contributed by atoms with Gasteiger partial charge in [0.05, 0.1) is 21.7 Å². The van der Waals surface area contributed by atoms with Crippen LogP contribution in [0.5, 0.6) is 0 Å². The van der Waals surface area contributed by atoms with Crippen LogP contribution < -0.4 is 9.84 Å². The lowest BCUT2D eigenvalue weighted by atomic mass is 10.0. The normalized spacial score (nSPS) is 12.2. The van der Waals surface area contributed by atoms with E-state index in [1.807, 2.05) is 0 Å². The molecule has 2 aromatic carbocycles. The number of nitrogens with zero attached hydrogens (tertiary/aromatic N) is 5. The summed E-state index contributed by atoms with van der Waals surface area (Å²) in [5.74, 6) is -0.159. The number of alkyl halides is 3. The maximum Gasteiger partial charge on any atom is 0.417 e. The molecule has 0 unspecified atom stereocenters. The molecule has 0 aliphatic heterocycles. The number of aryl methyl sites for hydroxylation is 1. The predicted molar refractivity (Wildman–Crippen MR) is 94.4 cm³/mol. The standard InChI is InChI=1S/C16H15F3N6O2S/c1-24(23-28(26,27)11-7-4-3-5-8-11)13-10-6-9-12(16(17,18)19)14(13)15-20-21-22-25(15)2/h3-10,23H,1-2H3. The van der Waals surface area contributed by atoms with Gasteiger partial charge in [-0.3, -0.25) is 5.01 Å². The summed E-state index contributed by atoms with van der Waals surface area (Å²) in [5, 5.41) is 11.6. The molecule has 28 heavy (non-hydrogen) atoms. The first kappa shape index (κ1) is 19.8. The van der Waals surface area contributed by atoms with Crippen LogP contribution in [0.15, 0.2) is 53.4 Å². The maximum absolute atomic E-state index is 13.6. The number of hydrogen-bond acceptors (Lipinski definition) is 6. The van der Waals surface area contributed by atoms with E-state index in [-0.39, 0.29) is 22.0 Å². The van der Waals surface area contributed by atoms with Gasteiger partial charge in [0.1, 0.15) is 0 Å². The summed E-state index contributed by atoms with van der Waals surface area (Å²) in [6, 6.07) is 10.9. The van der Waals surface area contributed by atoms with Crippen LogP contribution >= 0.6 is 0 Å². The average molecular weight is 412 g/mol. The highest BCUT2D eigenvalue weighted by molar-refractivity contribution is 7.89. The molecular formula is C16H15F3N6O2S. The minimum atomic E-state index is -4.70. The van der Waals surface area contributed by atoms with Crippen molar-refractivity contribution in [2.24, 2.45) is 7.05 Å². The molecule has 1 heterocycles. The van der Waals surface area contributed by atoms with E-state index in [1.54, 1.807) is 6.07 Å². The van der Waals surface area contributed by atoms with Gasteiger partial charge in [-0.1, -0.05) is 24.3 Å². The summed E-state index contributed by atoms with van der Waals surface area (Å²) in [5.41, 5.74) is -1.40. The highest BCUT2D eigenvalue weighted by Crippen LogP contribution is 2.40. The number of benzene rings is 2. The second-order valence-electron chi connectivity index (χ2n) is 5.79. The summed E-state index contributed by atoms with van der Waals surface area (Å²) in [6.45, 7) is 0. The number of anilines is 1. The Kier molecular flexibility index (Phi) is 5.08. The van der Waals surface area contributed by atoms with Crippen molar-refractivity contribution in [2.75, 3.05) is 12.1 Å². The molecule has 0 saturated carbocycles. The number of tetrazole rings is 1. The van der Waals surface area contributed by atoms with Gasteiger partial charge in [-0.15, -0.1) is 9.93 Å². The molecule has 12 heteroatoms. The second kappa shape index (κ2) is 7.20. The molecule has 0 bridgehead atoms. The Morgan fingerprint density at radius 3 is 2.32 bits per heavy atom. The predicted octanol–water partition coefficient (Wildman–Crippen LogP) is 2.23. The highest BCUT2D eigenvalue weighted by Gasteiger charge is 2.37. The summed E-state index contributed by atoms with van der Waals surface area (Å²) < 4.78 is 66.9. The number of rotatable bonds is 5. The molecule has 0 atom stereocenters. The van der Waals surface area contributed by atoms with Crippen LogP contribution in [0.2, 0.25) is 0 Å². The van der Waals surface area contributed by atoms with Crippen molar-refractivity contribution < 1.29 is 21.6 Å². The van der Waals surface area contributed by atoms with Gasteiger partial charge in [-0.2, -0.15) is 13.2 Å². The van der Waals surface area contributed by atoms with Crippen LogP contribution in [0.3, 0.4) is 0 Å². The van der Waals surface area contributed by atoms with E-state index >= 15 is 0 Å². The first-order valence-corrected chi connectivity index (χ1v) is 9.34. The van der Waals surface area contributed by atoms with Crippen molar-refractivity contribution >= 4 is 15.7 Å². The van der Waals surface area contributed by atoms with Gasteiger partial charge in [-0.05, 0) is 34.7 Å². The van der Waals surface area contributed by atoms with Crippen molar-refractivity contribution in [1.29, 1.82) is 0 Å². The van der Waals surface area contributed by atoms with E-state index < -0.39 is 21.8 Å². The zero-order chi connectivity index (χ0) is 20.5. The molecule has 3 rings (SSSR count). The van der Waals surface area contributed by atoms with Crippen molar-refractivity contribution in [1.82, 2.24) is 25.0 Å². The fourth-order valence-corrected chi connectivity index (χ4v) is 3.69. The summed E-state index contributed by atoms with van der Waals surface area (Å²) in [6.07, 6.45) is -4.70. The van der Waals surface area contributed by atoms with Gasteiger partial charge in [0.2, 0.25) is 0 Å². The molecule has 148 valence electrons. The quantitative estimate of drug-likeness (QED) is 0.646. The average Bonchev–Trinajstić information content (AvgIpc) is 3.06. The lowest BCUT2D eigenvalue weighted by Gasteiger charge is -2.24. The van der Waals surface area contributed by atoms with E-state index in [0.717, 1.165) is 15.8 Å². The third-order valence-electron chi connectivity index (χ3n) is 3.86. The van der Waals surface area contributed by atoms with Gasteiger partial charge in [-0.25, -0.2) is 13.1 Å². The third kappa shape index (κ3) is 3.82. The topological polar surface area (TPSA) is 93.0 Å². The van der Waals surface area contributed by atoms with Crippen molar-refractivity contribution in [3.63, 3.8) is 0 Å². The molecular weight excluding hydrogens is 397 g/mol. The van der Waals surface area contributed by atoms with Crippen LogP contribution in [0.1, 0.15) is 5.56 Å². The molecule has 0 aliphatic rings. The van der Waals surface area contributed by atoms with Crippen LogP contribution in [0, 0.1) is 0 Å². The Hall–Kier alpha value is -2.99. The minimum absolute atomic E-state index is 0.0318. The minimum Gasteiger partial charge on any atom is -0.297 e. The highest BCUT2D eigenvalue weighted by atomic mass is 32.2. The smallest absolute Gasteiger partial charge is 0.297 e. The summed E-state index contributed by atoms with van der Waals surface area (Å²) >= 11 is 0. The number of hydrogen-bond donors (Lipinski definition) is 1. The number of hydrazine groups is 1. The van der Waals surface area contributed by atoms with E-state index in [2.05, 4.69) is 20.4 Å². The molecule has 3 aromatic rings.